The smallest absolute Gasteiger partial charge is 0.441 e. The van der Waals surface area contributed by atoms with E-state index in [2.05, 4.69) is 0 Å². The van der Waals surface area contributed by atoms with Gasteiger partial charge in [-0.2, -0.15) is 13.2 Å². The van der Waals surface area contributed by atoms with Crippen LogP contribution in [0.5, 0.6) is 0 Å². The fraction of sp³-hybridized carbons (Fsp3) is 0.600. The molecule has 1 aromatic rings. The zero-order valence-corrected chi connectivity index (χ0v) is 17.5. The maximum absolute atomic E-state index is 13.5. The number of hydrogen-bond acceptors (Lipinski definition) is 3. The van der Waals surface area contributed by atoms with Gasteiger partial charge in [-0.05, 0) is 61.1 Å². The first-order valence-corrected chi connectivity index (χ1v) is 10.9. The Kier molecular flexibility index (Phi) is 6.44. The van der Waals surface area contributed by atoms with E-state index in [0.29, 0.717) is 17.9 Å². The standard InChI is InChI=1S/C20H23ClF3NO3S/c1-19(10-17(26)27)9-8-15(12-4-6-14(21)7-5-12)25(18(19)28)16(13-2-3-13)11-29-20(22,23)24/h4-7,13,15-16H,2-3,8-11H2,1H3,(H,26,27). The van der Waals surface area contributed by atoms with E-state index in [1.165, 1.54) is 0 Å². The van der Waals surface area contributed by atoms with Crippen molar-refractivity contribution in [3.8, 4) is 0 Å². The van der Waals surface area contributed by atoms with Gasteiger partial charge >= 0.3 is 11.5 Å². The molecule has 3 rings (SSSR count). The SMILES string of the molecule is CC1(CC(=O)O)CCC(c2ccc(Cl)cc2)N(C(CSC(F)(F)F)C2CC2)C1=O. The van der Waals surface area contributed by atoms with Gasteiger partial charge < -0.3 is 10.0 Å². The lowest BCUT2D eigenvalue weighted by Crippen LogP contribution is -2.55. The number of nitrogens with zero attached hydrogens (tertiary/aromatic N) is 1. The molecule has 1 aliphatic carbocycles. The van der Waals surface area contributed by atoms with Crippen LogP contribution in [0, 0.1) is 11.3 Å². The average Bonchev–Trinajstić information content (AvgIpc) is 3.43. The normalized spacial score (nSPS) is 26.4. The van der Waals surface area contributed by atoms with Gasteiger partial charge in [-0.1, -0.05) is 30.7 Å². The number of benzene rings is 1. The lowest BCUT2D eigenvalue weighted by molar-refractivity contribution is -0.159. The molecule has 0 radical (unpaired) electrons. The molecule has 1 N–H and O–H groups in total. The van der Waals surface area contributed by atoms with Crippen LogP contribution in [0.2, 0.25) is 5.02 Å². The van der Waals surface area contributed by atoms with Gasteiger partial charge in [0, 0.05) is 16.8 Å². The lowest BCUT2D eigenvalue weighted by Gasteiger charge is -2.48. The first-order chi connectivity index (χ1) is 13.5. The number of piperidine rings is 1. The van der Waals surface area contributed by atoms with Gasteiger partial charge in [-0.15, -0.1) is 0 Å². The van der Waals surface area contributed by atoms with Crippen LogP contribution in [0.4, 0.5) is 13.2 Å². The Morgan fingerprint density at radius 2 is 1.93 bits per heavy atom. The Morgan fingerprint density at radius 1 is 1.31 bits per heavy atom. The molecule has 1 amide bonds. The third kappa shape index (κ3) is 5.40. The number of halogens is 4. The molecule has 0 bridgehead atoms. The van der Waals surface area contributed by atoms with Crippen LogP contribution in [-0.4, -0.2) is 39.2 Å². The maximum atomic E-state index is 13.5. The van der Waals surface area contributed by atoms with Crippen LogP contribution in [0.15, 0.2) is 24.3 Å². The van der Waals surface area contributed by atoms with Crippen LogP contribution < -0.4 is 0 Å². The van der Waals surface area contributed by atoms with E-state index < -0.39 is 22.9 Å². The molecular weight excluding hydrogens is 427 g/mol. The number of hydrogen-bond donors (Lipinski definition) is 1. The third-order valence-corrected chi connectivity index (χ3v) is 6.88. The first-order valence-electron chi connectivity index (χ1n) is 9.51. The zero-order chi connectivity index (χ0) is 21.4. The second kappa shape index (κ2) is 8.38. The van der Waals surface area contributed by atoms with Crippen molar-refractivity contribution in [3.63, 3.8) is 0 Å². The van der Waals surface area contributed by atoms with E-state index in [4.69, 9.17) is 11.6 Å². The molecule has 2 aliphatic rings. The van der Waals surface area contributed by atoms with Gasteiger partial charge in [-0.3, -0.25) is 9.59 Å². The minimum Gasteiger partial charge on any atom is -0.481 e. The van der Waals surface area contributed by atoms with E-state index in [1.54, 1.807) is 36.1 Å². The predicted molar refractivity (Wildman–Crippen MR) is 106 cm³/mol. The summed E-state index contributed by atoms with van der Waals surface area (Å²) >= 11 is 5.86. The Balaban J connectivity index is 1.96. The van der Waals surface area contributed by atoms with E-state index >= 15 is 0 Å². The molecule has 160 valence electrons. The second-order valence-corrected chi connectivity index (χ2v) is 9.63. The molecule has 1 saturated carbocycles. The Bertz CT molecular complexity index is 769. The van der Waals surface area contributed by atoms with Crippen molar-refractivity contribution in [1.82, 2.24) is 4.90 Å². The number of alkyl halides is 3. The molecule has 4 nitrogen and oxygen atoms in total. The molecule has 1 heterocycles. The largest absolute Gasteiger partial charge is 0.481 e. The van der Waals surface area contributed by atoms with Crippen LogP contribution in [0.1, 0.15) is 50.6 Å². The van der Waals surface area contributed by atoms with Gasteiger partial charge in [0.1, 0.15) is 0 Å². The molecule has 0 spiro atoms. The molecule has 1 saturated heterocycles. The molecular formula is C20H23ClF3NO3S. The highest BCUT2D eigenvalue weighted by atomic mass is 35.5. The van der Waals surface area contributed by atoms with E-state index in [1.807, 2.05) is 0 Å². The number of carboxylic acid groups (broad SMARTS) is 1. The van der Waals surface area contributed by atoms with Crippen LogP contribution in [0.25, 0.3) is 0 Å². The summed E-state index contributed by atoms with van der Waals surface area (Å²) in [5.74, 6) is -1.69. The second-order valence-electron chi connectivity index (χ2n) is 8.11. The highest BCUT2D eigenvalue weighted by Crippen LogP contribution is 2.49. The van der Waals surface area contributed by atoms with E-state index in [0.717, 1.165) is 18.4 Å². The summed E-state index contributed by atoms with van der Waals surface area (Å²) in [6.45, 7) is 1.61. The fourth-order valence-electron chi connectivity index (χ4n) is 4.15. The number of amides is 1. The van der Waals surface area contributed by atoms with Gasteiger partial charge in [-0.25, -0.2) is 0 Å². The van der Waals surface area contributed by atoms with Crippen LogP contribution in [0.3, 0.4) is 0 Å². The van der Waals surface area contributed by atoms with Gasteiger partial charge in [0.2, 0.25) is 5.91 Å². The van der Waals surface area contributed by atoms with E-state index in [-0.39, 0.29) is 41.8 Å². The quantitative estimate of drug-likeness (QED) is 0.595. The summed E-state index contributed by atoms with van der Waals surface area (Å²) in [5.41, 5.74) is -4.69. The average molecular weight is 450 g/mol. The molecule has 0 aromatic heterocycles. The number of rotatable bonds is 7. The van der Waals surface area contributed by atoms with Crippen molar-refractivity contribution in [2.24, 2.45) is 11.3 Å². The monoisotopic (exact) mass is 449 g/mol. The topological polar surface area (TPSA) is 57.6 Å². The van der Waals surface area contributed by atoms with Gasteiger partial charge in [0.05, 0.1) is 17.9 Å². The summed E-state index contributed by atoms with van der Waals surface area (Å²) in [6, 6.07) is 5.99. The molecule has 9 heteroatoms. The maximum Gasteiger partial charge on any atom is 0.441 e. The Morgan fingerprint density at radius 3 is 2.45 bits per heavy atom. The number of aliphatic carboxylic acids is 1. The molecule has 29 heavy (non-hydrogen) atoms. The van der Waals surface area contributed by atoms with Crippen molar-refractivity contribution < 1.29 is 27.9 Å². The van der Waals surface area contributed by atoms with Crippen molar-refractivity contribution in [2.75, 3.05) is 5.75 Å². The first kappa shape index (κ1) is 22.3. The van der Waals surface area contributed by atoms with Crippen LogP contribution in [-0.2, 0) is 9.59 Å². The van der Waals surface area contributed by atoms with Crippen molar-refractivity contribution in [1.29, 1.82) is 0 Å². The minimum atomic E-state index is -4.38. The number of likely N-dealkylation sites (tertiary alicyclic amines) is 1. The summed E-state index contributed by atoms with van der Waals surface area (Å²) < 4.78 is 38.8. The summed E-state index contributed by atoms with van der Waals surface area (Å²) in [7, 11) is 0. The number of thioether (sulfide) groups is 1. The van der Waals surface area contributed by atoms with Crippen LogP contribution >= 0.6 is 23.4 Å². The van der Waals surface area contributed by atoms with Crippen molar-refractivity contribution in [2.45, 2.75) is 56.6 Å². The summed E-state index contributed by atoms with van der Waals surface area (Å²) in [4.78, 5) is 26.4. The highest BCUT2D eigenvalue weighted by molar-refractivity contribution is 8.00. The molecule has 1 aromatic carbocycles. The van der Waals surface area contributed by atoms with Gasteiger partial charge in [0.15, 0.2) is 0 Å². The number of carboxylic acids is 1. The van der Waals surface area contributed by atoms with Gasteiger partial charge in [0.25, 0.3) is 0 Å². The predicted octanol–water partition coefficient (Wildman–Crippen LogP) is 5.52. The minimum absolute atomic E-state index is 0.00998. The fourth-order valence-corrected chi connectivity index (χ4v) is 5.07. The van der Waals surface area contributed by atoms with Crippen molar-refractivity contribution >= 4 is 35.2 Å². The Hall–Kier alpha value is -1.41. The molecule has 2 fully saturated rings. The Labute approximate surface area is 176 Å². The zero-order valence-electron chi connectivity index (χ0n) is 15.9. The van der Waals surface area contributed by atoms with E-state index in [9.17, 15) is 27.9 Å². The third-order valence-electron chi connectivity index (χ3n) is 5.79. The summed E-state index contributed by atoms with van der Waals surface area (Å²) in [6.07, 6.45) is 2.08. The molecule has 1 aliphatic heterocycles. The number of carbonyl (C=O) groups excluding carboxylic acids is 1. The number of carbonyl (C=O) groups is 2. The highest BCUT2D eigenvalue weighted by Gasteiger charge is 2.51. The lowest BCUT2D eigenvalue weighted by atomic mass is 9.74. The molecule has 3 unspecified atom stereocenters. The van der Waals surface area contributed by atoms with Crippen molar-refractivity contribution in [3.05, 3.63) is 34.9 Å². The summed E-state index contributed by atoms with van der Waals surface area (Å²) in [5, 5.41) is 9.81. The molecule has 3 atom stereocenters.